The molecule has 31 heavy (non-hydrogen) atoms. The normalized spacial score (nSPS) is 17.9. The lowest BCUT2D eigenvalue weighted by Crippen LogP contribution is -2.54. The Morgan fingerprint density at radius 1 is 1.23 bits per heavy atom. The third-order valence-corrected chi connectivity index (χ3v) is 5.85. The zero-order valence-corrected chi connectivity index (χ0v) is 21.1. The lowest BCUT2D eigenvalue weighted by molar-refractivity contribution is -0.127. The number of hydrogen-bond donors (Lipinski definition) is 1. The number of aliphatic imine (C=N–C) groups is 1. The minimum Gasteiger partial charge on any atom is -0.494 e. The quantitative estimate of drug-likeness (QED) is 0.337. The molecular weight excluding hydrogens is 512 g/mol. The summed E-state index contributed by atoms with van der Waals surface area (Å²) in [4.78, 5) is 22.8. The van der Waals surface area contributed by atoms with E-state index in [0.29, 0.717) is 12.6 Å². The number of amides is 1. The number of carbonyl (C=O) groups excluding carboxylic acids is 1. The molecule has 7 nitrogen and oxygen atoms in total. The average Bonchev–Trinajstić information content (AvgIpc) is 3.25. The van der Waals surface area contributed by atoms with Crippen molar-refractivity contribution in [1.29, 1.82) is 0 Å². The molecule has 1 aromatic carbocycles. The summed E-state index contributed by atoms with van der Waals surface area (Å²) in [5, 5.41) is 3.59. The number of hydrogen-bond acceptors (Lipinski definition) is 4. The van der Waals surface area contributed by atoms with E-state index in [1.165, 1.54) is 20.0 Å². The molecular formula is C22H35FIN5O2. The molecule has 2 fully saturated rings. The van der Waals surface area contributed by atoms with Gasteiger partial charge in [-0.25, -0.2) is 9.38 Å². The van der Waals surface area contributed by atoms with Crippen molar-refractivity contribution in [3.05, 3.63) is 29.6 Å². The number of likely N-dealkylation sites (N-methyl/N-ethyl adjacent to an activating group) is 1. The Hall–Kier alpha value is -1.62. The van der Waals surface area contributed by atoms with Gasteiger partial charge in [0, 0.05) is 52.9 Å². The highest BCUT2D eigenvalue weighted by Crippen LogP contribution is 2.20. The van der Waals surface area contributed by atoms with Crippen LogP contribution in [0.4, 0.5) is 4.39 Å². The van der Waals surface area contributed by atoms with Gasteiger partial charge in [0.05, 0.1) is 7.11 Å². The number of ether oxygens (including phenoxy) is 1. The Morgan fingerprint density at radius 3 is 2.48 bits per heavy atom. The molecule has 2 aliphatic rings. The van der Waals surface area contributed by atoms with Crippen molar-refractivity contribution in [1.82, 2.24) is 20.0 Å². The van der Waals surface area contributed by atoms with Gasteiger partial charge in [-0.05, 0) is 30.5 Å². The molecule has 9 heteroatoms. The number of methoxy groups -OCH3 is 1. The molecule has 0 bridgehead atoms. The molecule has 1 aliphatic heterocycles. The predicted molar refractivity (Wildman–Crippen MR) is 132 cm³/mol. The zero-order chi connectivity index (χ0) is 21.5. The van der Waals surface area contributed by atoms with Gasteiger partial charge >= 0.3 is 0 Å². The molecule has 0 aromatic heterocycles. The summed E-state index contributed by atoms with van der Waals surface area (Å²) < 4.78 is 19.0. The molecule has 1 saturated carbocycles. The van der Waals surface area contributed by atoms with Crippen molar-refractivity contribution >= 4 is 35.8 Å². The van der Waals surface area contributed by atoms with Crippen LogP contribution in [0.3, 0.4) is 0 Å². The Balaban J connectivity index is 0.00000341. The minimum atomic E-state index is -0.325. The van der Waals surface area contributed by atoms with Crippen LogP contribution in [0.15, 0.2) is 23.2 Å². The van der Waals surface area contributed by atoms with E-state index in [4.69, 9.17) is 4.74 Å². The van der Waals surface area contributed by atoms with Crippen LogP contribution in [0, 0.1) is 5.82 Å². The van der Waals surface area contributed by atoms with Gasteiger partial charge in [-0.2, -0.15) is 0 Å². The zero-order valence-electron chi connectivity index (χ0n) is 18.8. The Morgan fingerprint density at radius 2 is 1.90 bits per heavy atom. The highest BCUT2D eigenvalue weighted by molar-refractivity contribution is 14.0. The summed E-state index contributed by atoms with van der Waals surface area (Å²) in [6.07, 6.45) is 4.80. The predicted octanol–water partition coefficient (Wildman–Crippen LogP) is 2.55. The van der Waals surface area contributed by atoms with Crippen LogP contribution in [-0.2, 0) is 11.3 Å². The fourth-order valence-electron chi connectivity index (χ4n) is 3.96. The topological polar surface area (TPSA) is 60.4 Å². The van der Waals surface area contributed by atoms with Crippen molar-refractivity contribution in [3.63, 3.8) is 0 Å². The molecule has 1 heterocycles. The van der Waals surface area contributed by atoms with Gasteiger partial charge in [-0.1, -0.05) is 18.9 Å². The van der Waals surface area contributed by atoms with Crippen LogP contribution in [0.5, 0.6) is 5.75 Å². The second-order valence-electron chi connectivity index (χ2n) is 8.29. The minimum absolute atomic E-state index is 0. The van der Waals surface area contributed by atoms with Crippen LogP contribution in [0.2, 0.25) is 0 Å². The van der Waals surface area contributed by atoms with E-state index in [-0.39, 0.29) is 48.0 Å². The van der Waals surface area contributed by atoms with Crippen LogP contribution >= 0.6 is 24.0 Å². The molecule has 1 aromatic rings. The van der Waals surface area contributed by atoms with Gasteiger partial charge in [0.1, 0.15) is 6.54 Å². The van der Waals surface area contributed by atoms with E-state index >= 15 is 0 Å². The number of nitrogens with zero attached hydrogens (tertiary/aromatic N) is 4. The number of halogens is 2. The summed E-state index contributed by atoms with van der Waals surface area (Å²) in [7, 11) is 4.98. The molecule has 0 atom stereocenters. The van der Waals surface area contributed by atoms with Crippen LogP contribution < -0.4 is 10.1 Å². The number of carbonyl (C=O) groups is 1. The third kappa shape index (κ3) is 7.48. The van der Waals surface area contributed by atoms with Gasteiger partial charge in [0.2, 0.25) is 5.91 Å². The standard InChI is InChI=1S/C22H34FN5O2.HI/c1-26(2)21(29)15-24-22(25-18-6-4-5-7-18)28-12-10-27(11-13-28)16-17-8-9-20(30-3)19(23)14-17;/h8-9,14,18H,4-7,10-13,15-16H2,1-3H3,(H,24,25);1H. The first kappa shape index (κ1) is 25.6. The van der Waals surface area contributed by atoms with E-state index < -0.39 is 0 Å². The molecule has 0 radical (unpaired) electrons. The van der Waals surface area contributed by atoms with Crippen molar-refractivity contribution < 1.29 is 13.9 Å². The first-order valence-corrected chi connectivity index (χ1v) is 10.8. The maximum atomic E-state index is 14.0. The Bertz CT molecular complexity index is 747. The van der Waals surface area contributed by atoms with E-state index in [2.05, 4.69) is 20.1 Å². The number of rotatable bonds is 6. The molecule has 0 unspecified atom stereocenters. The number of nitrogens with one attached hydrogen (secondary N) is 1. The second-order valence-corrected chi connectivity index (χ2v) is 8.29. The highest BCUT2D eigenvalue weighted by Gasteiger charge is 2.24. The number of guanidine groups is 1. The first-order valence-electron chi connectivity index (χ1n) is 10.8. The Kier molecular flexibility index (Phi) is 10.3. The molecule has 0 spiro atoms. The summed E-state index contributed by atoms with van der Waals surface area (Å²) in [5.41, 5.74) is 0.941. The lowest BCUT2D eigenvalue weighted by atomic mass is 10.2. The van der Waals surface area contributed by atoms with E-state index in [1.54, 1.807) is 31.1 Å². The maximum Gasteiger partial charge on any atom is 0.243 e. The van der Waals surface area contributed by atoms with E-state index in [9.17, 15) is 9.18 Å². The van der Waals surface area contributed by atoms with Crippen molar-refractivity contribution in [2.75, 3.05) is 53.9 Å². The molecule has 1 N–H and O–H groups in total. The molecule has 3 rings (SSSR count). The molecule has 1 amide bonds. The van der Waals surface area contributed by atoms with Crippen LogP contribution in [0.1, 0.15) is 31.2 Å². The fourth-order valence-corrected chi connectivity index (χ4v) is 3.96. The smallest absolute Gasteiger partial charge is 0.243 e. The Labute approximate surface area is 202 Å². The maximum absolute atomic E-state index is 14.0. The highest BCUT2D eigenvalue weighted by atomic mass is 127. The number of benzene rings is 1. The lowest BCUT2D eigenvalue weighted by Gasteiger charge is -2.37. The SMILES string of the molecule is COc1ccc(CN2CCN(C(=NCC(=O)N(C)C)NC3CCCC3)CC2)cc1F.I. The second kappa shape index (κ2) is 12.4. The fraction of sp³-hybridized carbons (Fsp3) is 0.636. The summed E-state index contributed by atoms with van der Waals surface area (Å²) >= 11 is 0. The average molecular weight is 547 g/mol. The van der Waals surface area contributed by atoms with Gasteiger partial charge < -0.3 is 19.9 Å². The van der Waals surface area contributed by atoms with E-state index in [1.807, 2.05) is 6.07 Å². The van der Waals surface area contributed by atoms with Crippen molar-refractivity contribution in [3.8, 4) is 5.75 Å². The van der Waals surface area contributed by atoms with Crippen molar-refractivity contribution in [2.45, 2.75) is 38.3 Å². The van der Waals surface area contributed by atoms with Crippen molar-refractivity contribution in [2.24, 2.45) is 4.99 Å². The monoisotopic (exact) mass is 547 g/mol. The summed E-state index contributed by atoms with van der Waals surface area (Å²) in [6.45, 7) is 4.24. The van der Waals surface area contributed by atoms with Crippen LogP contribution in [-0.4, -0.2) is 86.5 Å². The molecule has 1 saturated heterocycles. The number of piperazine rings is 1. The first-order chi connectivity index (χ1) is 14.5. The molecule has 174 valence electrons. The summed E-state index contributed by atoms with van der Waals surface area (Å²) in [5.74, 6) is 0.789. The molecule has 1 aliphatic carbocycles. The largest absolute Gasteiger partial charge is 0.494 e. The van der Waals surface area contributed by atoms with Gasteiger partial charge in [-0.15, -0.1) is 24.0 Å². The van der Waals surface area contributed by atoms with Gasteiger partial charge in [0.15, 0.2) is 17.5 Å². The third-order valence-electron chi connectivity index (χ3n) is 5.85. The van der Waals surface area contributed by atoms with Gasteiger partial charge in [-0.3, -0.25) is 9.69 Å². The van der Waals surface area contributed by atoms with Crippen LogP contribution in [0.25, 0.3) is 0 Å². The van der Waals surface area contributed by atoms with E-state index in [0.717, 1.165) is 50.5 Å². The summed E-state index contributed by atoms with van der Waals surface area (Å²) in [6, 6.07) is 5.58. The van der Waals surface area contributed by atoms with Gasteiger partial charge in [0.25, 0.3) is 0 Å².